The Kier molecular flexibility index (Phi) is 7.18. The molecule has 1 heterocycles. The Labute approximate surface area is 183 Å². The van der Waals surface area contributed by atoms with E-state index in [1.807, 2.05) is 26.0 Å². The van der Waals surface area contributed by atoms with Crippen molar-refractivity contribution in [1.29, 1.82) is 0 Å². The molecule has 0 unspecified atom stereocenters. The molecule has 1 fully saturated rings. The maximum Gasteiger partial charge on any atom is 0.255 e. The summed E-state index contributed by atoms with van der Waals surface area (Å²) in [6.07, 6.45) is 1.88. The van der Waals surface area contributed by atoms with Crippen LogP contribution in [0.3, 0.4) is 0 Å². The normalized spacial score (nSPS) is 16.3. The number of benzene rings is 2. The highest BCUT2D eigenvalue weighted by Gasteiger charge is 2.27. The molecule has 0 radical (unpaired) electrons. The molecule has 0 aromatic heterocycles. The summed E-state index contributed by atoms with van der Waals surface area (Å²) in [6.45, 7) is 7.21. The largest absolute Gasteiger partial charge is 0.321 e. The molecule has 8 heteroatoms. The molecule has 3 rings (SSSR count). The van der Waals surface area contributed by atoms with Gasteiger partial charge in [-0.2, -0.15) is 0 Å². The third-order valence-electron chi connectivity index (χ3n) is 5.70. The molecule has 1 atom stereocenters. The number of carbonyl (C=O) groups excluding carboxylic acids is 1. The molecule has 6 nitrogen and oxygen atoms in total. The van der Waals surface area contributed by atoms with E-state index >= 15 is 0 Å². The van der Waals surface area contributed by atoms with Crippen LogP contribution in [0.25, 0.3) is 0 Å². The van der Waals surface area contributed by atoms with Crippen molar-refractivity contribution in [3.8, 4) is 0 Å². The van der Waals surface area contributed by atoms with Crippen LogP contribution >= 0.6 is 11.6 Å². The second-order valence-corrected chi connectivity index (χ2v) is 9.88. The Morgan fingerprint density at radius 1 is 1.13 bits per heavy atom. The van der Waals surface area contributed by atoms with Crippen molar-refractivity contribution in [3.63, 3.8) is 0 Å². The third-order valence-corrected chi connectivity index (χ3v) is 7.89. The maximum atomic E-state index is 13.0. The second kappa shape index (κ2) is 9.47. The zero-order valence-corrected chi connectivity index (χ0v) is 19.0. The molecule has 162 valence electrons. The van der Waals surface area contributed by atoms with Gasteiger partial charge in [0.05, 0.1) is 15.6 Å². The highest BCUT2D eigenvalue weighted by atomic mass is 35.5. The fourth-order valence-corrected chi connectivity index (χ4v) is 5.65. The van der Waals surface area contributed by atoms with Gasteiger partial charge in [-0.15, -0.1) is 0 Å². The number of amides is 1. The number of hydrogen-bond acceptors (Lipinski definition) is 4. The van der Waals surface area contributed by atoms with Crippen LogP contribution in [0.4, 0.5) is 5.69 Å². The summed E-state index contributed by atoms with van der Waals surface area (Å²) in [5.74, 6) is 0.00661. The first-order valence-electron chi connectivity index (χ1n) is 10.1. The van der Waals surface area contributed by atoms with E-state index in [0.717, 1.165) is 31.5 Å². The molecule has 1 aliphatic heterocycles. The maximum absolute atomic E-state index is 13.0. The highest BCUT2D eigenvalue weighted by Crippen LogP contribution is 2.31. The monoisotopic (exact) mass is 449 g/mol. The van der Waals surface area contributed by atoms with E-state index < -0.39 is 10.0 Å². The molecule has 1 amide bonds. The van der Waals surface area contributed by atoms with Crippen molar-refractivity contribution in [3.05, 3.63) is 58.1 Å². The van der Waals surface area contributed by atoms with Crippen molar-refractivity contribution in [2.75, 3.05) is 18.4 Å². The van der Waals surface area contributed by atoms with Crippen molar-refractivity contribution >= 4 is 33.2 Å². The van der Waals surface area contributed by atoms with Crippen LogP contribution in [0.5, 0.6) is 0 Å². The molecule has 2 aromatic rings. The van der Waals surface area contributed by atoms with Gasteiger partial charge in [0.15, 0.2) is 0 Å². The molecule has 2 aromatic carbocycles. The van der Waals surface area contributed by atoms with Gasteiger partial charge in [0.2, 0.25) is 10.0 Å². The number of rotatable bonds is 6. The van der Waals surface area contributed by atoms with Gasteiger partial charge >= 0.3 is 0 Å². The summed E-state index contributed by atoms with van der Waals surface area (Å²) >= 11 is 6.45. The molecule has 30 heavy (non-hydrogen) atoms. The molecule has 0 bridgehead atoms. The van der Waals surface area contributed by atoms with Gasteiger partial charge in [0.25, 0.3) is 5.91 Å². The Morgan fingerprint density at radius 3 is 2.47 bits per heavy atom. The van der Waals surface area contributed by atoms with Gasteiger partial charge in [0.1, 0.15) is 0 Å². The van der Waals surface area contributed by atoms with Crippen molar-refractivity contribution in [2.45, 2.75) is 44.6 Å². The minimum absolute atomic E-state index is 0.127. The smallest absolute Gasteiger partial charge is 0.255 e. The number of piperidine rings is 1. The summed E-state index contributed by atoms with van der Waals surface area (Å²) in [5, 5.41) is 6.29. The predicted octanol–water partition coefficient (Wildman–Crippen LogP) is 3.88. The highest BCUT2D eigenvalue weighted by molar-refractivity contribution is 7.89. The lowest BCUT2D eigenvalue weighted by Gasteiger charge is -2.29. The molecule has 1 saturated heterocycles. The molecular weight excluding hydrogens is 422 g/mol. The van der Waals surface area contributed by atoms with Gasteiger partial charge < -0.3 is 10.6 Å². The Hall–Kier alpha value is -1.93. The van der Waals surface area contributed by atoms with Gasteiger partial charge in [-0.25, -0.2) is 13.1 Å². The molecule has 0 spiro atoms. The molecule has 3 N–H and O–H groups in total. The van der Waals surface area contributed by atoms with Gasteiger partial charge in [0, 0.05) is 11.6 Å². The van der Waals surface area contributed by atoms with Crippen molar-refractivity contribution < 1.29 is 13.2 Å². The van der Waals surface area contributed by atoms with E-state index in [0.29, 0.717) is 22.7 Å². The zero-order chi connectivity index (χ0) is 21.9. The summed E-state index contributed by atoms with van der Waals surface area (Å²) in [4.78, 5) is 12.7. The summed E-state index contributed by atoms with van der Waals surface area (Å²) < 4.78 is 28.8. The molecule has 0 saturated carbocycles. The van der Waals surface area contributed by atoms with E-state index in [9.17, 15) is 13.2 Å². The first kappa shape index (κ1) is 22.7. The molecule has 1 aliphatic rings. The lowest BCUT2D eigenvalue weighted by atomic mass is 9.92. The van der Waals surface area contributed by atoms with E-state index in [1.54, 1.807) is 19.1 Å². The average molecular weight is 450 g/mol. The van der Waals surface area contributed by atoms with Crippen LogP contribution < -0.4 is 15.4 Å². The predicted molar refractivity (Wildman–Crippen MR) is 121 cm³/mol. The van der Waals surface area contributed by atoms with Crippen LogP contribution in [0.1, 0.15) is 41.3 Å². The fourth-order valence-electron chi connectivity index (χ4n) is 3.82. The van der Waals surface area contributed by atoms with E-state index in [-0.39, 0.29) is 21.9 Å². The lowest BCUT2D eigenvalue weighted by Crippen LogP contribution is -2.42. The zero-order valence-electron chi connectivity index (χ0n) is 17.5. The fraction of sp³-hybridized carbons (Fsp3) is 0.409. The number of sulfonamides is 1. The number of anilines is 1. The van der Waals surface area contributed by atoms with Crippen LogP contribution in [-0.2, 0) is 10.0 Å². The van der Waals surface area contributed by atoms with Crippen LogP contribution in [-0.4, -0.2) is 33.5 Å². The van der Waals surface area contributed by atoms with Gasteiger partial charge in [-0.1, -0.05) is 29.8 Å². The van der Waals surface area contributed by atoms with Crippen molar-refractivity contribution in [1.82, 2.24) is 10.0 Å². The summed E-state index contributed by atoms with van der Waals surface area (Å²) in [7, 11) is -3.73. The van der Waals surface area contributed by atoms with Gasteiger partial charge in [-0.3, -0.25) is 4.79 Å². The summed E-state index contributed by atoms with van der Waals surface area (Å²) in [6, 6.07) is 10.1. The standard InChI is InChI=1S/C22H28ClN3O3S/c1-14-6-4-5-7-18(14)22(27)25-19-8-9-20(15(2)21(19)23)30(28,29)26-16(3)17-10-12-24-13-11-17/h4-9,16-17,24,26H,10-13H2,1-3H3,(H,25,27)/t16-/m1/s1. The number of nitrogens with one attached hydrogen (secondary N) is 3. The topological polar surface area (TPSA) is 87.3 Å². The Balaban J connectivity index is 1.79. The van der Waals surface area contributed by atoms with Crippen LogP contribution in [0.15, 0.2) is 41.3 Å². The lowest BCUT2D eigenvalue weighted by molar-refractivity contribution is 0.102. The Bertz CT molecular complexity index is 1030. The summed E-state index contributed by atoms with van der Waals surface area (Å²) in [5.41, 5.74) is 2.18. The number of aryl methyl sites for hydroxylation is 1. The third kappa shape index (κ3) is 5.03. The van der Waals surface area contributed by atoms with E-state index in [4.69, 9.17) is 11.6 Å². The molecular formula is C22H28ClN3O3S. The first-order chi connectivity index (χ1) is 14.2. The number of hydrogen-bond donors (Lipinski definition) is 3. The molecule has 0 aliphatic carbocycles. The first-order valence-corrected chi connectivity index (χ1v) is 12.0. The average Bonchev–Trinajstić information content (AvgIpc) is 2.72. The minimum Gasteiger partial charge on any atom is -0.321 e. The SMILES string of the molecule is Cc1ccccc1C(=O)Nc1ccc(S(=O)(=O)N[C@H](C)C2CCNCC2)c(C)c1Cl. The van der Waals surface area contributed by atoms with Crippen LogP contribution in [0, 0.1) is 19.8 Å². The minimum atomic E-state index is -3.73. The van der Waals surface area contributed by atoms with Gasteiger partial charge in [-0.05, 0) is 81.9 Å². The van der Waals surface area contributed by atoms with E-state index in [1.165, 1.54) is 12.1 Å². The second-order valence-electron chi connectivity index (χ2n) is 7.82. The number of halogens is 1. The van der Waals surface area contributed by atoms with Crippen molar-refractivity contribution in [2.24, 2.45) is 5.92 Å². The number of carbonyl (C=O) groups is 1. The van der Waals surface area contributed by atoms with Crippen LogP contribution in [0.2, 0.25) is 5.02 Å². The quantitative estimate of drug-likeness (QED) is 0.624. The Morgan fingerprint density at radius 2 is 1.80 bits per heavy atom. The van der Waals surface area contributed by atoms with E-state index in [2.05, 4.69) is 15.4 Å².